The molecule has 1 aliphatic rings. The molecule has 164 valence electrons. The minimum absolute atomic E-state index is 0.101. The van der Waals surface area contributed by atoms with Gasteiger partial charge in [-0.25, -0.2) is 4.98 Å². The molecule has 0 aliphatic carbocycles. The standard InChI is InChI=1S/C22H23ClN2O6/c1-6-12-7-8-14(30-20-16(25(28)29)9-13(23)11-24-20)10-15(12)17-18(26)21(2,3)31-22(4,5)19(17)27/h7-11,17H,6H2,1-5H3. The second-order valence-electron chi connectivity index (χ2n) is 8.34. The Morgan fingerprint density at radius 2 is 1.77 bits per heavy atom. The lowest BCUT2D eigenvalue weighted by Gasteiger charge is -2.43. The molecule has 8 nitrogen and oxygen atoms in total. The van der Waals surface area contributed by atoms with Crippen LogP contribution in [0.25, 0.3) is 0 Å². The van der Waals surface area contributed by atoms with Gasteiger partial charge in [-0.15, -0.1) is 0 Å². The van der Waals surface area contributed by atoms with Crippen molar-refractivity contribution < 1.29 is 24.0 Å². The van der Waals surface area contributed by atoms with Gasteiger partial charge in [0, 0.05) is 6.07 Å². The predicted molar refractivity (Wildman–Crippen MR) is 114 cm³/mol. The topological polar surface area (TPSA) is 109 Å². The number of halogens is 1. The average molecular weight is 447 g/mol. The predicted octanol–water partition coefficient (Wildman–Crippen LogP) is 4.81. The third kappa shape index (κ3) is 4.31. The molecule has 0 unspecified atom stereocenters. The summed E-state index contributed by atoms with van der Waals surface area (Å²) in [6, 6.07) is 6.06. The second-order valence-corrected chi connectivity index (χ2v) is 8.77. The number of aryl methyl sites for hydroxylation is 1. The van der Waals surface area contributed by atoms with Crippen LogP contribution in [0.5, 0.6) is 11.6 Å². The molecule has 0 atom stereocenters. The van der Waals surface area contributed by atoms with E-state index in [1.54, 1.807) is 45.9 Å². The Morgan fingerprint density at radius 1 is 1.16 bits per heavy atom. The Hall–Kier alpha value is -2.84. The fourth-order valence-electron chi connectivity index (χ4n) is 3.80. The van der Waals surface area contributed by atoms with Gasteiger partial charge in [-0.3, -0.25) is 19.7 Å². The maximum absolute atomic E-state index is 13.2. The van der Waals surface area contributed by atoms with Crippen molar-refractivity contribution in [2.45, 2.75) is 58.2 Å². The first kappa shape index (κ1) is 22.8. The molecule has 3 rings (SSSR count). The average Bonchev–Trinajstić information content (AvgIpc) is 2.67. The van der Waals surface area contributed by atoms with Crippen molar-refractivity contribution in [3.8, 4) is 11.6 Å². The highest BCUT2D eigenvalue weighted by Gasteiger charge is 2.53. The summed E-state index contributed by atoms with van der Waals surface area (Å²) in [5.41, 5.74) is -1.41. The Kier molecular flexibility index (Phi) is 5.90. The van der Waals surface area contributed by atoms with Gasteiger partial charge in [-0.1, -0.05) is 24.6 Å². The van der Waals surface area contributed by atoms with Crippen molar-refractivity contribution in [3.63, 3.8) is 0 Å². The molecule has 2 heterocycles. The molecule has 9 heteroatoms. The molecule has 0 N–H and O–H groups in total. The number of hydrogen-bond donors (Lipinski definition) is 0. The van der Waals surface area contributed by atoms with Crippen molar-refractivity contribution in [3.05, 3.63) is 56.7 Å². The van der Waals surface area contributed by atoms with Crippen LogP contribution in [0.15, 0.2) is 30.5 Å². The number of Topliss-reactive ketones (excluding diaryl/α,β-unsaturated/α-hetero) is 2. The number of carbonyl (C=O) groups is 2. The normalized spacial score (nSPS) is 18.1. The monoisotopic (exact) mass is 446 g/mol. The highest BCUT2D eigenvalue weighted by atomic mass is 35.5. The van der Waals surface area contributed by atoms with Crippen LogP contribution < -0.4 is 4.74 Å². The molecule has 0 saturated carbocycles. The van der Waals surface area contributed by atoms with Crippen molar-refractivity contribution in [2.75, 3.05) is 0 Å². The maximum atomic E-state index is 13.2. The Morgan fingerprint density at radius 3 is 2.32 bits per heavy atom. The SMILES string of the molecule is CCc1ccc(Oc2ncc(Cl)cc2[N+](=O)[O-])cc1C1C(=O)C(C)(C)OC(C)(C)C1=O. The zero-order chi connectivity index (χ0) is 23.1. The highest BCUT2D eigenvalue weighted by Crippen LogP contribution is 2.41. The van der Waals surface area contributed by atoms with Crippen molar-refractivity contribution in [2.24, 2.45) is 0 Å². The van der Waals surface area contributed by atoms with E-state index in [9.17, 15) is 19.7 Å². The summed E-state index contributed by atoms with van der Waals surface area (Å²) >= 11 is 5.81. The molecule has 2 aromatic rings. The molecule has 0 spiro atoms. The first-order chi connectivity index (χ1) is 14.4. The van der Waals surface area contributed by atoms with Crippen LogP contribution >= 0.6 is 11.6 Å². The summed E-state index contributed by atoms with van der Waals surface area (Å²) in [6.07, 6.45) is 1.81. The molecule has 1 aliphatic heterocycles. The maximum Gasteiger partial charge on any atom is 0.332 e. The van der Waals surface area contributed by atoms with Crippen LogP contribution in [0.4, 0.5) is 5.69 Å². The van der Waals surface area contributed by atoms with Gasteiger partial charge < -0.3 is 9.47 Å². The Balaban J connectivity index is 2.09. The van der Waals surface area contributed by atoms with Crippen molar-refractivity contribution in [1.82, 2.24) is 4.98 Å². The number of carbonyl (C=O) groups excluding carboxylic acids is 2. The lowest BCUT2D eigenvalue weighted by molar-refractivity contribution is -0.386. The summed E-state index contributed by atoms with van der Waals surface area (Å²) in [6.45, 7) is 8.48. The van der Waals surface area contributed by atoms with Gasteiger partial charge >= 0.3 is 5.69 Å². The number of nitrogens with zero attached hydrogens (tertiary/aromatic N) is 2. The van der Waals surface area contributed by atoms with Gasteiger partial charge in [0.1, 0.15) is 22.9 Å². The molecule has 1 saturated heterocycles. The number of ketones is 2. The quantitative estimate of drug-likeness (QED) is 0.368. The number of benzene rings is 1. The molecule has 0 amide bonds. The van der Waals surface area contributed by atoms with Crippen LogP contribution in [-0.2, 0) is 20.7 Å². The van der Waals surface area contributed by atoms with E-state index in [4.69, 9.17) is 21.1 Å². The molecular formula is C22H23ClN2O6. The van der Waals surface area contributed by atoms with Crippen molar-refractivity contribution in [1.29, 1.82) is 0 Å². The zero-order valence-electron chi connectivity index (χ0n) is 17.9. The van der Waals surface area contributed by atoms with E-state index in [-0.39, 0.29) is 28.2 Å². The summed E-state index contributed by atoms with van der Waals surface area (Å²) in [7, 11) is 0. The second kappa shape index (κ2) is 8.01. The summed E-state index contributed by atoms with van der Waals surface area (Å²) in [5.74, 6) is -1.76. The van der Waals surface area contributed by atoms with Crippen LogP contribution in [-0.4, -0.2) is 32.7 Å². The minimum atomic E-state index is -1.15. The van der Waals surface area contributed by atoms with Gasteiger partial charge in [0.25, 0.3) is 5.88 Å². The molecule has 31 heavy (non-hydrogen) atoms. The molecular weight excluding hydrogens is 424 g/mol. The summed E-state index contributed by atoms with van der Waals surface area (Å²) < 4.78 is 11.4. The van der Waals surface area contributed by atoms with Gasteiger partial charge in [0.15, 0.2) is 11.6 Å². The minimum Gasteiger partial charge on any atom is -0.434 e. The van der Waals surface area contributed by atoms with Crippen LogP contribution in [0.3, 0.4) is 0 Å². The Labute approximate surface area is 184 Å². The fourth-order valence-corrected chi connectivity index (χ4v) is 3.95. The molecule has 0 bridgehead atoms. The van der Waals surface area contributed by atoms with Gasteiger partial charge in [0.05, 0.1) is 16.1 Å². The smallest absolute Gasteiger partial charge is 0.332 e. The van der Waals surface area contributed by atoms with E-state index in [1.165, 1.54) is 6.20 Å². The largest absolute Gasteiger partial charge is 0.434 e. The molecule has 1 aromatic heterocycles. The zero-order valence-corrected chi connectivity index (χ0v) is 18.6. The number of rotatable bonds is 5. The lowest BCUT2D eigenvalue weighted by Crippen LogP contribution is -2.58. The van der Waals surface area contributed by atoms with Crippen LogP contribution in [0.2, 0.25) is 5.02 Å². The van der Waals surface area contributed by atoms with E-state index in [0.717, 1.165) is 11.6 Å². The number of pyridine rings is 1. The van der Waals surface area contributed by atoms with Gasteiger partial charge in [0.2, 0.25) is 0 Å². The third-order valence-corrected chi connectivity index (χ3v) is 5.45. The first-order valence-corrected chi connectivity index (χ1v) is 10.1. The van der Waals surface area contributed by atoms with E-state index < -0.39 is 27.7 Å². The Bertz CT molecular complexity index is 1050. The highest BCUT2D eigenvalue weighted by molar-refractivity contribution is 6.30. The van der Waals surface area contributed by atoms with Gasteiger partial charge in [-0.05, 0) is 57.4 Å². The number of ether oxygens (including phenoxy) is 2. The number of nitro groups is 1. The summed E-state index contributed by atoms with van der Waals surface area (Å²) in [4.78, 5) is 40.9. The van der Waals surface area contributed by atoms with Crippen LogP contribution in [0, 0.1) is 10.1 Å². The fraction of sp³-hybridized carbons (Fsp3) is 0.409. The van der Waals surface area contributed by atoms with E-state index >= 15 is 0 Å². The lowest BCUT2D eigenvalue weighted by atomic mass is 9.73. The molecule has 0 radical (unpaired) electrons. The molecule has 1 aromatic carbocycles. The van der Waals surface area contributed by atoms with E-state index in [1.807, 2.05) is 6.92 Å². The first-order valence-electron chi connectivity index (χ1n) is 9.77. The van der Waals surface area contributed by atoms with Crippen molar-refractivity contribution >= 4 is 28.9 Å². The van der Waals surface area contributed by atoms with E-state index in [2.05, 4.69) is 4.98 Å². The van der Waals surface area contributed by atoms with Crippen LogP contribution in [0.1, 0.15) is 51.7 Å². The van der Waals surface area contributed by atoms with E-state index in [0.29, 0.717) is 12.0 Å². The third-order valence-electron chi connectivity index (χ3n) is 5.24. The number of hydrogen-bond acceptors (Lipinski definition) is 7. The van der Waals surface area contributed by atoms with Gasteiger partial charge in [-0.2, -0.15) is 0 Å². The molecule has 1 fully saturated rings. The summed E-state index contributed by atoms with van der Waals surface area (Å²) in [5, 5.41) is 11.4. The number of aromatic nitrogens is 1.